The Morgan fingerprint density at radius 1 is 1.69 bits per heavy atom. The van der Waals surface area contributed by atoms with Crippen LogP contribution in [0.1, 0.15) is 6.23 Å². The van der Waals surface area contributed by atoms with E-state index in [1.165, 1.54) is 12.3 Å². The third-order valence-electron chi connectivity index (χ3n) is 2.62. The molecule has 1 aliphatic heterocycles. The number of ether oxygens (including phenoxy) is 1. The summed E-state index contributed by atoms with van der Waals surface area (Å²) in [5, 5.41) is 18.7. The SMILES string of the molecule is Nc1ccn([C@@H]2OC[C@H](CO)[C@H]2O)c(=O)n1. The van der Waals surface area contributed by atoms with Gasteiger partial charge in [0.1, 0.15) is 11.9 Å². The van der Waals surface area contributed by atoms with Gasteiger partial charge < -0.3 is 20.7 Å². The first-order chi connectivity index (χ1) is 7.63. The zero-order chi connectivity index (χ0) is 11.7. The van der Waals surface area contributed by atoms with Crippen LogP contribution in [-0.4, -0.2) is 39.1 Å². The van der Waals surface area contributed by atoms with Crippen LogP contribution in [0.2, 0.25) is 0 Å². The molecule has 0 spiro atoms. The Kier molecular flexibility index (Phi) is 2.90. The highest BCUT2D eigenvalue weighted by Crippen LogP contribution is 2.26. The fourth-order valence-corrected chi connectivity index (χ4v) is 1.68. The Bertz CT molecular complexity index is 433. The average molecular weight is 227 g/mol. The predicted molar refractivity (Wildman–Crippen MR) is 54.5 cm³/mol. The van der Waals surface area contributed by atoms with Crippen molar-refractivity contribution < 1.29 is 14.9 Å². The van der Waals surface area contributed by atoms with Gasteiger partial charge in [0.05, 0.1) is 13.2 Å². The van der Waals surface area contributed by atoms with Gasteiger partial charge in [-0.15, -0.1) is 0 Å². The van der Waals surface area contributed by atoms with Crippen molar-refractivity contribution in [2.24, 2.45) is 5.92 Å². The third-order valence-corrected chi connectivity index (χ3v) is 2.62. The van der Waals surface area contributed by atoms with E-state index in [1.807, 2.05) is 0 Å². The largest absolute Gasteiger partial charge is 0.396 e. The molecule has 88 valence electrons. The number of aliphatic hydroxyl groups excluding tert-OH is 2. The highest BCUT2D eigenvalue weighted by Gasteiger charge is 2.37. The van der Waals surface area contributed by atoms with Crippen LogP contribution in [0, 0.1) is 5.92 Å². The smallest absolute Gasteiger partial charge is 0.351 e. The highest BCUT2D eigenvalue weighted by molar-refractivity contribution is 5.23. The lowest BCUT2D eigenvalue weighted by atomic mass is 10.1. The molecule has 0 unspecified atom stereocenters. The van der Waals surface area contributed by atoms with E-state index in [-0.39, 0.29) is 24.9 Å². The lowest BCUT2D eigenvalue weighted by molar-refractivity contribution is -0.0161. The summed E-state index contributed by atoms with van der Waals surface area (Å²) < 4.78 is 6.41. The van der Waals surface area contributed by atoms with Crippen molar-refractivity contribution in [1.29, 1.82) is 0 Å². The second-order valence-corrected chi connectivity index (χ2v) is 3.70. The topological polar surface area (TPSA) is 111 Å². The minimum atomic E-state index is -0.923. The summed E-state index contributed by atoms with van der Waals surface area (Å²) in [6.45, 7) is 0.0218. The van der Waals surface area contributed by atoms with Gasteiger partial charge in [0.2, 0.25) is 0 Å². The van der Waals surface area contributed by atoms with E-state index in [4.69, 9.17) is 15.6 Å². The molecule has 2 rings (SSSR count). The zero-order valence-corrected chi connectivity index (χ0v) is 8.48. The number of nitrogen functional groups attached to an aromatic ring is 1. The summed E-state index contributed by atoms with van der Waals surface area (Å²) in [6, 6.07) is 1.45. The molecule has 0 bridgehead atoms. The Hall–Kier alpha value is -1.44. The van der Waals surface area contributed by atoms with E-state index in [9.17, 15) is 9.90 Å². The van der Waals surface area contributed by atoms with Gasteiger partial charge in [0.15, 0.2) is 6.23 Å². The van der Waals surface area contributed by atoms with E-state index in [2.05, 4.69) is 4.98 Å². The van der Waals surface area contributed by atoms with Gasteiger partial charge in [-0.3, -0.25) is 4.57 Å². The number of aliphatic hydroxyl groups is 2. The number of aromatic nitrogens is 2. The molecule has 1 saturated heterocycles. The van der Waals surface area contributed by atoms with Crippen molar-refractivity contribution in [2.45, 2.75) is 12.3 Å². The minimum Gasteiger partial charge on any atom is -0.396 e. The standard InChI is InChI=1S/C9H13N3O4/c10-6-1-2-12(9(15)11-6)8-7(14)5(3-13)4-16-8/h1-2,5,7-8,13-14H,3-4H2,(H2,10,11,15)/t5-,7+,8+/m0/s1. The van der Waals surface area contributed by atoms with Crippen LogP contribution in [0.5, 0.6) is 0 Å². The van der Waals surface area contributed by atoms with Gasteiger partial charge in [0, 0.05) is 12.1 Å². The molecule has 1 aromatic rings. The highest BCUT2D eigenvalue weighted by atomic mass is 16.5. The van der Waals surface area contributed by atoms with Crippen LogP contribution in [-0.2, 0) is 4.74 Å². The van der Waals surface area contributed by atoms with Gasteiger partial charge >= 0.3 is 5.69 Å². The van der Waals surface area contributed by atoms with Crippen molar-refractivity contribution in [2.75, 3.05) is 18.9 Å². The van der Waals surface area contributed by atoms with Crippen LogP contribution < -0.4 is 11.4 Å². The van der Waals surface area contributed by atoms with E-state index in [1.54, 1.807) is 0 Å². The Labute approximate surface area is 91.1 Å². The Morgan fingerprint density at radius 3 is 3.00 bits per heavy atom. The van der Waals surface area contributed by atoms with Crippen molar-refractivity contribution >= 4 is 5.82 Å². The predicted octanol–water partition coefficient (Wildman–Crippen LogP) is -1.68. The summed E-state index contributed by atoms with van der Waals surface area (Å²) in [5.74, 6) is -0.262. The molecule has 4 N–H and O–H groups in total. The first kappa shape index (κ1) is 11.1. The summed E-state index contributed by atoms with van der Waals surface area (Å²) in [5.41, 5.74) is 4.77. The summed E-state index contributed by atoms with van der Waals surface area (Å²) >= 11 is 0. The molecule has 3 atom stereocenters. The molecule has 0 aliphatic carbocycles. The third kappa shape index (κ3) is 1.80. The van der Waals surface area contributed by atoms with E-state index in [0.29, 0.717) is 0 Å². The van der Waals surface area contributed by atoms with Crippen LogP contribution in [0.4, 0.5) is 5.82 Å². The molecule has 0 radical (unpaired) electrons. The number of anilines is 1. The molecule has 2 heterocycles. The van der Waals surface area contributed by atoms with E-state index >= 15 is 0 Å². The van der Waals surface area contributed by atoms with Crippen molar-refractivity contribution in [3.8, 4) is 0 Å². The maximum atomic E-state index is 11.5. The normalized spacial score (nSPS) is 29.5. The quantitative estimate of drug-likeness (QED) is 0.556. The van der Waals surface area contributed by atoms with Gasteiger partial charge in [0.25, 0.3) is 0 Å². The molecule has 1 aliphatic rings. The number of hydrogen-bond donors (Lipinski definition) is 3. The van der Waals surface area contributed by atoms with Gasteiger partial charge in [-0.1, -0.05) is 0 Å². The Balaban J connectivity index is 2.29. The van der Waals surface area contributed by atoms with Crippen LogP contribution >= 0.6 is 0 Å². The van der Waals surface area contributed by atoms with E-state index < -0.39 is 18.0 Å². The fraction of sp³-hybridized carbons (Fsp3) is 0.556. The molecule has 7 nitrogen and oxygen atoms in total. The maximum absolute atomic E-state index is 11.5. The second-order valence-electron chi connectivity index (χ2n) is 3.70. The number of rotatable bonds is 2. The lowest BCUT2D eigenvalue weighted by Gasteiger charge is -2.17. The van der Waals surface area contributed by atoms with Crippen LogP contribution in [0.15, 0.2) is 17.1 Å². The number of hydrogen-bond acceptors (Lipinski definition) is 6. The van der Waals surface area contributed by atoms with Gasteiger partial charge in [-0.25, -0.2) is 4.79 Å². The molecule has 16 heavy (non-hydrogen) atoms. The molecule has 0 amide bonds. The van der Waals surface area contributed by atoms with Crippen LogP contribution in [0.25, 0.3) is 0 Å². The van der Waals surface area contributed by atoms with Gasteiger partial charge in [-0.2, -0.15) is 4.98 Å². The maximum Gasteiger partial charge on any atom is 0.351 e. The molecule has 1 aromatic heterocycles. The molecular formula is C9H13N3O4. The molecule has 1 fully saturated rings. The van der Waals surface area contributed by atoms with Gasteiger partial charge in [-0.05, 0) is 6.07 Å². The molecular weight excluding hydrogens is 214 g/mol. The number of nitrogens with zero attached hydrogens (tertiary/aromatic N) is 2. The Morgan fingerprint density at radius 2 is 2.44 bits per heavy atom. The summed E-state index contributed by atoms with van der Waals surface area (Å²) in [6.07, 6.45) is -0.316. The van der Waals surface area contributed by atoms with Crippen LogP contribution in [0.3, 0.4) is 0 Å². The minimum absolute atomic E-state index is 0.118. The van der Waals surface area contributed by atoms with Crippen molar-refractivity contribution in [1.82, 2.24) is 9.55 Å². The fourth-order valence-electron chi connectivity index (χ4n) is 1.68. The molecule has 0 saturated carbocycles. The monoisotopic (exact) mass is 227 g/mol. The summed E-state index contributed by atoms with van der Waals surface area (Å²) in [4.78, 5) is 15.0. The first-order valence-corrected chi connectivity index (χ1v) is 4.88. The molecule has 7 heteroatoms. The number of nitrogens with two attached hydrogens (primary N) is 1. The zero-order valence-electron chi connectivity index (χ0n) is 8.48. The summed E-state index contributed by atoms with van der Waals surface area (Å²) in [7, 11) is 0. The van der Waals surface area contributed by atoms with Crippen molar-refractivity contribution in [3.63, 3.8) is 0 Å². The second kappa shape index (κ2) is 4.20. The van der Waals surface area contributed by atoms with Crippen molar-refractivity contribution in [3.05, 3.63) is 22.7 Å². The average Bonchev–Trinajstić information content (AvgIpc) is 2.60. The van der Waals surface area contributed by atoms with E-state index in [0.717, 1.165) is 4.57 Å². The lowest BCUT2D eigenvalue weighted by Crippen LogP contribution is -2.34. The molecule has 0 aromatic carbocycles. The first-order valence-electron chi connectivity index (χ1n) is 4.88.